The minimum atomic E-state index is 0.878. The molecule has 0 aromatic heterocycles. The summed E-state index contributed by atoms with van der Waals surface area (Å²) < 4.78 is 2.08. The Hall–Kier alpha value is -0.0600. The molecule has 4 heteroatoms. The molecule has 1 aliphatic heterocycles. The Balaban J connectivity index is 1.78. The van der Waals surface area contributed by atoms with E-state index < -0.39 is 0 Å². The summed E-state index contributed by atoms with van der Waals surface area (Å²) in [6.45, 7) is 3.50. The summed E-state index contributed by atoms with van der Waals surface area (Å²) in [5.74, 6) is 1.97. The van der Waals surface area contributed by atoms with Crippen molar-refractivity contribution in [2.45, 2.75) is 13.0 Å². The normalized spacial score (nSPS) is 28.1. The van der Waals surface area contributed by atoms with Gasteiger partial charge in [0, 0.05) is 28.6 Å². The Bertz CT molecular complexity index is 423. The van der Waals surface area contributed by atoms with E-state index in [1.165, 1.54) is 25.1 Å². The summed E-state index contributed by atoms with van der Waals surface area (Å²) in [6.07, 6.45) is 1.45. The molecule has 1 aromatic carbocycles. The van der Waals surface area contributed by atoms with E-state index in [9.17, 15) is 0 Å². The Labute approximate surface area is 112 Å². The molecule has 86 valence electrons. The van der Waals surface area contributed by atoms with Gasteiger partial charge in [0.25, 0.3) is 0 Å². The number of fused-ring (bicyclic) bond motifs is 1. The van der Waals surface area contributed by atoms with E-state index in [-0.39, 0.29) is 0 Å². The number of halogens is 2. The van der Waals surface area contributed by atoms with Crippen LogP contribution in [0.4, 0.5) is 5.69 Å². The number of piperidine rings is 1. The van der Waals surface area contributed by atoms with E-state index >= 15 is 0 Å². The van der Waals surface area contributed by atoms with Gasteiger partial charge in [0.1, 0.15) is 0 Å². The molecule has 2 N–H and O–H groups in total. The predicted molar refractivity (Wildman–Crippen MR) is 73.1 cm³/mol. The number of hydrogen-bond donors (Lipinski definition) is 1. The summed E-state index contributed by atoms with van der Waals surface area (Å²) in [5.41, 5.74) is 8.18. The number of nitrogens with zero attached hydrogens (tertiary/aromatic N) is 1. The van der Waals surface area contributed by atoms with Crippen LogP contribution >= 0.6 is 31.9 Å². The largest absolute Gasteiger partial charge is 0.398 e. The van der Waals surface area contributed by atoms with Crippen LogP contribution in [0.1, 0.15) is 12.0 Å². The number of nitrogens with two attached hydrogens (primary N) is 1. The predicted octanol–water partition coefficient (Wildman–Crippen LogP) is 3.25. The van der Waals surface area contributed by atoms with Crippen LogP contribution in [0.2, 0.25) is 0 Å². The molecule has 2 nitrogen and oxygen atoms in total. The molecule has 1 aliphatic carbocycles. The van der Waals surface area contributed by atoms with E-state index in [2.05, 4.69) is 42.8 Å². The molecule has 0 amide bonds. The fraction of sp³-hybridized carbons (Fsp3) is 0.500. The molecule has 2 unspecified atom stereocenters. The van der Waals surface area contributed by atoms with Crippen LogP contribution in [0.5, 0.6) is 0 Å². The molecule has 0 spiro atoms. The van der Waals surface area contributed by atoms with Crippen LogP contribution in [-0.2, 0) is 6.54 Å². The maximum absolute atomic E-state index is 6.08. The topological polar surface area (TPSA) is 29.3 Å². The number of likely N-dealkylation sites (tertiary alicyclic amines) is 1. The zero-order valence-corrected chi connectivity index (χ0v) is 12.1. The molecule has 1 aromatic rings. The van der Waals surface area contributed by atoms with Gasteiger partial charge in [0.2, 0.25) is 0 Å². The lowest BCUT2D eigenvalue weighted by Gasteiger charge is -2.19. The Morgan fingerprint density at radius 1 is 1.25 bits per heavy atom. The monoisotopic (exact) mass is 344 g/mol. The first-order valence-corrected chi connectivity index (χ1v) is 7.18. The lowest BCUT2D eigenvalue weighted by molar-refractivity contribution is 0.297. The lowest BCUT2D eigenvalue weighted by atomic mass is 10.1. The molecular formula is C12H14Br2N2. The van der Waals surface area contributed by atoms with Crippen molar-refractivity contribution in [1.82, 2.24) is 4.90 Å². The smallest absolute Gasteiger partial charge is 0.0504 e. The molecule has 3 rings (SSSR count). The summed E-state index contributed by atoms with van der Waals surface area (Å²) in [4.78, 5) is 2.52. The summed E-state index contributed by atoms with van der Waals surface area (Å²) >= 11 is 7.01. The maximum atomic E-state index is 6.08. The Morgan fingerprint density at radius 2 is 1.94 bits per heavy atom. The minimum absolute atomic E-state index is 0.878. The molecule has 0 radical (unpaired) electrons. The van der Waals surface area contributed by atoms with E-state index in [4.69, 9.17) is 5.73 Å². The van der Waals surface area contributed by atoms with Gasteiger partial charge < -0.3 is 5.73 Å². The standard InChI is InChI=1S/C12H14Br2N2/c13-10-2-9(12(15)11(14)3-10)6-16-4-7-1-8(7)5-16/h2-3,7-8H,1,4-6,15H2. The van der Waals surface area contributed by atoms with E-state index in [0.29, 0.717) is 0 Å². The zero-order valence-electron chi connectivity index (χ0n) is 8.92. The third-order valence-corrected chi connectivity index (χ3v) is 4.74. The van der Waals surface area contributed by atoms with E-state index in [1.54, 1.807) is 0 Å². The highest BCUT2D eigenvalue weighted by molar-refractivity contribution is 9.11. The van der Waals surface area contributed by atoms with Gasteiger partial charge in [-0.05, 0) is 51.9 Å². The average Bonchev–Trinajstić information content (AvgIpc) is 2.82. The zero-order chi connectivity index (χ0) is 11.3. The van der Waals surface area contributed by atoms with Crippen LogP contribution in [-0.4, -0.2) is 18.0 Å². The van der Waals surface area contributed by atoms with Crippen LogP contribution in [0.25, 0.3) is 0 Å². The second kappa shape index (κ2) is 4.00. The van der Waals surface area contributed by atoms with E-state index in [0.717, 1.165) is 33.0 Å². The van der Waals surface area contributed by atoms with Crippen molar-refractivity contribution in [2.75, 3.05) is 18.8 Å². The first-order valence-electron chi connectivity index (χ1n) is 5.59. The molecule has 2 aliphatic rings. The van der Waals surface area contributed by atoms with Gasteiger partial charge in [-0.25, -0.2) is 0 Å². The lowest BCUT2D eigenvalue weighted by Crippen LogP contribution is -2.22. The van der Waals surface area contributed by atoms with Crippen LogP contribution in [0.15, 0.2) is 21.1 Å². The second-order valence-corrected chi connectivity index (χ2v) is 6.68. The third kappa shape index (κ3) is 2.03. The van der Waals surface area contributed by atoms with Crippen molar-refractivity contribution in [3.63, 3.8) is 0 Å². The highest BCUT2D eigenvalue weighted by Crippen LogP contribution is 2.45. The van der Waals surface area contributed by atoms with Crippen molar-refractivity contribution < 1.29 is 0 Å². The molecule has 2 fully saturated rings. The molecule has 16 heavy (non-hydrogen) atoms. The Morgan fingerprint density at radius 3 is 2.62 bits per heavy atom. The van der Waals surface area contributed by atoms with Crippen molar-refractivity contribution in [2.24, 2.45) is 11.8 Å². The van der Waals surface area contributed by atoms with Gasteiger partial charge in [0.05, 0.1) is 5.69 Å². The number of hydrogen-bond acceptors (Lipinski definition) is 2. The van der Waals surface area contributed by atoms with Crippen LogP contribution in [0.3, 0.4) is 0 Å². The highest BCUT2D eigenvalue weighted by Gasteiger charge is 2.44. The second-order valence-electron chi connectivity index (χ2n) is 4.91. The summed E-state index contributed by atoms with van der Waals surface area (Å²) in [6, 6.07) is 4.13. The molecule has 1 saturated carbocycles. The number of anilines is 1. The SMILES string of the molecule is Nc1c(Br)cc(Br)cc1CN1CC2CC2C1. The van der Waals surface area contributed by atoms with E-state index in [1.807, 2.05) is 6.07 Å². The molecule has 0 bridgehead atoms. The Kier molecular flexibility index (Phi) is 2.76. The average molecular weight is 346 g/mol. The fourth-order valence-electron chi connectivity index (χ4n) is 2.63. The van der Waals surface area contributed by atoms with Crippen molar-refractivity contribution in [3.8, 4) is 0 Å². The minimum Gasteiger partial charge on any atom is -0.398 e. The third-order valence-electron chi connectivity index (χ3n) is 3.63. The van der Waals surface area contributed by atoms with Crippen molar-refractivity contribution >= 4 is 37.5 Å². The van der Waals surface area contributed by atoms with Gasteiger partial charge in [-0.3, -0.25) is 4.90 Å². The highest BCUT2D eigenvalue weighted by atomic mass is 79.9. The molecule has 1 saturated heterocycles. The number of benzene rings is 1. The van der Waals surface area contributed by atoms with Gasteiger partial charge in [-0.1, -0.05) is 15.9 Å². The van der Waals surface area contributed by atoms with Gasteiger partial charge in [-0.2, -0.15) is 0 Å². The van der Waals surface area contributed by atoms with Crippen molar-refractivity contribution in [3.05, 3.63) is 26.6 Å². The van der Waals surface area contributed by atoms with Gasteiger partial charge >= 0.3 is 0 Å². The van der Waals surface area contributed by atoms with Crippen molar-refractivity contribution in [1.29, 1.82) is 0 Å². The first kappa shape index (κ1) is 11.1. The summed E-state index contributed by atoms with van der Waals surface area (Å²) in [5, 5.41) is 0. The first-order chi connectivity index (χ1) is 7.63. The number of rotatable bonds is 2. The molecule has 1 heterocycles. The van der Waals surface area contributed by atoms with Crippen LogP contribution in [0, 0.1) is 11.8 Å². The van der Waals surface area contributed by atoms with Gasteiger partial charge in [0.15, 0.2) is 0 Å². The molecular weight excluding hydrogens is 332 g/mol. The molecule has 2 atom stereocenters. The maximum Gasteiger partial charge on any atom is 0.0504 e. The fourth-order valence-corrected chi connectivity index (χ4v) is 3.95. The number of nitrogen functional groups attached to an aromatic ring is 1. The van der Waals surface area contributed by atoms with Crippen LogP contribution < -0.4 is 5.73 Å². The summed E-state index contributed by atoms with van der Waals surface area (Å²) in [7, 11) is 0. The quantitative estimate of drug-likeness (QED) is 0.834. The van der Waals surface area contributed by atoms with Gasteiger partial charge in [-0.15, -0.1) is 0 Å².